The van der Waals surface area contributed by atoms with E-state index < -0.39 is 0 Å². The molecule has 152 valence electrons. The Morgan fingerprint density at radius 3 is 2.48 bits per heavy atom. The summed E-state index contributed by atoms with van der Waals surface area (Å²) in [4.78, 5) is 12.9. The summed E-state index contributed by atoms with van der Waals surface area (Å²) in [7, 11) is 0. The minimum atomic E-state index is -0.0595. The van der Waals surface area contributed by atoms with Gasteiger partial charge in [0.25, 0.3) is 5.91 Å². The summed E-state index contributed by atoms with van der Waals surface area (Å²) in [5, 5.41) is 3.38. The van der Waals surface area contributed by atoms with Crippen LogP contribution in [0.1, 0.15) is 72.4 Å². The maximum absolute atomic E-state index is 12.9. The van der Waals surface area contributed by atoms with Gasteiger partial charge in [-0.15, -0.1) is 0 Å². The number of benzene rings is 1. The van der Waals surface area contributed by atoms with E-state index in [4.69, 9.17) is 9.15 Å². The third-order valence-electron chi connectivity index (χ3n) is 7.75. The normalized spacial score (nSPS) is 31.7. The molecule has 0 aliphatic heterocycles. The molecule has 5 aliphatic carbocycles. The van der Waals surface area contributed by atoms with E-state index >= 15 is 0 Å². The molecule has 0 spiro atoms. The molecule has 1 N–H and O–H groups in total. The summed E-state index contributed by atoms with van der Waals surface area (Å²) in [6.45, 7) is 0.351. The fourth-order valence-electron chi connectivity index (χ4n) is 6.94. The number of carbonyl (C=O) groups is 1. The van der Waals surface area contributed by atoms with Crippen molar-refractivity contribution in [2.45, 2.75) is 69.9 Å². The highest BCUT2D eigenvalue weighted by Gasteiger charge is 2.51. The molecule has 7 rings (SSSR count). The number of hydrogen-bond acceptors (Lipinski definition) is 3. The fraction of sp³-hybridized carbons (Fsp3) is 0.560. The van der Waals surface area contributed by atoms with Gasteiger partial charge >= 0.3 is 0 Å². The maximum atomic E-state index is 12.9. The van der Waals surface area contributed by atoms with Crippen molar-refractivity contribution in [3.8, 4) is 5.75 Å². The van der Waals surface area contributed by atoms with E-state index in [1.807, 2.05) is 12.1 Å². The quantitative estimate of drug-likeness (QED) is 0.776. The van der Waals surface area contributed by atoms with E-state index in [9.17, 15) is 4.79 Å². The lowest BCUT2D eigenvalue weighted by Gasteiger charge is -2.56. The highest BCUT2D eigenvalue weighted by atomic mass is 16.5. The Kier molecular flexibility index (Phi) is 4.04. The zero-order valence-corrected chi connectivity index (χ0v) is 16.9. The second-order valence-corrected chi connectivity index (χ2v) is 9.99. The predicted molar refractivity (Wildman–Crippen MR) is 110 cm³/mol. The van der Waals surface area contributed by atoms with Gasteiger partial charge in [0.05, 0.1) is 0 Å². The number of aryl methyl sites for hydroxylation is 2. The van der Waals surface area contributed by atoms with Gasteiger partial charge < -0.3 is 14.5 Å². The van der Waals surface area contributed by atoms with E-state index in [1.54, 1.807) is 6.07 Å². The maximum Gasteiger partial charge on any atom is 0.287 e. The van der Waals surface area contributed by atoms with Crippen LogP contribution in [-0.4, -0.2) is 11.4 Å². The molecule has 1 amide bonds. The Balaban J connectivity index is 1.10. The number of hydrogen-bond donors (Lipinski definition) is 1. The van der Waals surface area contributed by atoms with E-state index in [-0.39, 0.29) is 11.4 Å². The van der Waals surface area contributed by atoms with Crippen LogP contribution in [0.3, 0.4) is 0 Å². The van der Waals surface area contributed by atoms with Crippen LogP contribution in [0.5, 0.6) is 5.75 Å². The van der Waals surface area contributed by atoms with Gasteiger partial charge in [-0.25, -0.2) is 0 Å². The van der Waals surface area contributed by atoms with Gasteiger partial charge in [0, 0.05) is 5.54 Å². The largest absolute Gasteiger partial charge is 0.486 e. The molecular formula is C25H29NO3. The molecule has 1 heterocycles. The molecule has 4 nitrogen and oxygen atoms in total. The Morgan fingerprint density at radius 2 is 1.72 bits per heavy atom. The van der Waals surface area contributed by atoms with Crippen molar-refractivity contribution in [1.29, 1.82) is 0 Å². The van der Waals surface area contributed by atoms with Crippen LogP contribution in [0.4, 0.5) is 0 Å². The second kappa shape index (κ2) is 6.65. The molecule has 2 aromatic rings. The molecular weight excluding hydrogens is 362 g/mol. The standard InChI is InChI=1S/C25H29NO3/c27-24(26-25-12-16-8-17(13-25)10-18(9-16)14-25)23-7-6-22(29-23)15-28-21-5-4-19-2-1-3-20(19)11-21/h4-7,11,16-18H,1-3,8-10,12-15H2,(H,26,27). The van der Waals surface area contributed by atoms with Crippen LogP contribution in [0.2, 0.25) is 0 Å². The molecule has 4 saturated carbocycles. The third-order valence-corrected chi connectivity index (χ3v) is 7.75. The number of ether oxygens (including phenoxy) is 1. The van der Waals surface area contributed by atoms with Crippen LogP contribution < -0.4 is 10.1 Å². The minimum absolute atomic E-state index is 0.0136. The number of fused-ring (bicyclic) bond motifs is 1. The van der Waals surface area contributed by atoms with Crippen LogP contribution in [0, 0.1) is 17.8 Å². The summed E-state index contributed by atoms with van der Waals surface area (Å²) in [5.74, 6) is 4.37. The zero-order chi connectivity index (χ0) is 19.4. The Labute approximate surface area is 172 Å². The van der Waals surface area contributed by atoms with E-state index in [1.165, 1.54) is 43.2 Å². The molecule has 4 heteroatoms. The van der Waals surface area contributed by atoms with Crippen LogP contribution in [0.25, 0.3) is 0 Å². The van der Waals surface area contributed by atoms with Gasteiger partial charge in [-0.1, -0.05) is 6.07 Å². The zero-order valence-electron chi connectivity index (χ0n) is 16.9. The lowest BCUT2D eigenvalue weighted by molar-refractivity contribution is -0.0171. The van der Waals surface area contributed by atoms with Gasteiger partial charge in [-0.3, -0.25) is 4.79 Å². The van der Waals surface area contributed by atoms with E-state index in [0.717, 1.165) is 49.2 Å². The highest BCUT2D eigenvalue weighted by molar-refractivity contribution is 5.92. The van der Waals surface area contributed by atoms with Gasteiger partial charge in [0.15, 0.2) is 5.76 Å². The lowest BCUT2D eigenvalue weighted by atomic mass is 9.53. The van der Waals surface area contributed by atoms with Crippen molar-refractivity contribution in [3.63, 3.8) is 0 Å². The Bertz CT molecular complexity index is 908. The topological polar surface area (TPSA) is 51.5 Å². The molecule has 1 aromatic carbocycles. The van der Waals surface area contributed by atoms with Crippen molar-refractivity contribution in [3.05, 3.63) is 53.0 Å². The van der Waals surface area contributed by atoms with Gasteiger partial charge in [-0.2, -0.15) is 0 Å². The molecule has 0 radical (unpaired) electrons. The SMILES string of the molecule is O=C(NC12CC3CC(CC(C3)C1)C2)c1ccc(COc2ccc3c(c2)CCC3)o1. The monoisotopic (exact) mass is 391 g/mol. The first-order valence-electron chi connectivity index (χ1n) is 11.3. The van der Waals surface area contributed by atoms with Crippen molar-refractivity contribution >= 4 is 5.91 Å². The molecule has 4 fully saturated rings. The van der Waals surface area contributed by atoms with E-state index in [2.05, 4.69) is 17.4 Å². The number of amides is 1. The van der Waals surface area contributed by atoms with Crippen LogP contribution in [-0.2, 0) is 19.4 Å². The summed E-state index contributed by atoms with van der Waals surface area (Å²) in [6.07, 6.45) is 11.1. The van der Waals surface area contributed by atoms with Gasteiger partial charge in [-0.05, 0) is 111 Å². The first-order chi connectivity index (χ1) is 14.1. The van der Waals surface area contributed by atoms with Crippen molar-refractivity contribution < 1.29 is 13.9 Å². The van der Waals surface area contributed by atoms with Gasteiger partial charge in [0.1, 0.15) is 18.1 Å². The number of rotatable bonds is 5. The summed E-state index contributed by atoms with van der Waals surface area (Å²) < 4.78 is 11.8. The molecule has 4 bridgehead atoms. The summed E-state index contributed by atoms with van der Waals surface area (Å²) in [6, 6.07) is 10.0. The molecule has 29 heavy (non-hydrogen) atoms. The van der Waals surface area contributed by atoms with Crippen LogP contribution in [0.15, 0.2) is 34.7 Å². The third kappa shape index (κ3) is 3.27. The predicted octanol–water partition coefficient (Wildman–Crippen LogP) is 5.05. The highest BCUT2D eigenvalue weighted by Crippen LogP contribution is 2.55. The molecule has 0 saturated heterocycles. The Morgan fingerprint density at radius 1 is 1.00 bits per heavy atom. The first kappa shape index (κ1) is 17.6. The first-order valence-corrected chi connectivity index (χ1v) is 11.3. The van der Waals surface area contributed by atoms with Crippen molar-refractivity contribution in [2.75, 3.05) is 0 Å². The lowest BCUT2D eigenvalue weighted by Crippen LogP contribution is -2.59. The summed E-state index contributed by atoms with van der Waals surface area (Å²) >= 11 is 0. The molecule has 0 atom stereocenters. The number of furan rings is 1. The van der Waals surface area contributed by atoms with Gasteiger partial charge in [0.2, 0.25) is 0 Å². The molecule has 5 aliphatic rings. The second-order valence-electron chi connectivity index (χ2n) is 9.99. The van der Waals surface area contributed by atoms with E-state index in [0.29, 0.717) is 18.1 Å². The fourth-order valence-corrected chi connectivity index (χ4v) is 6.94. The summed E-state index contributed by atoms with van der Waals surface area (Å²) in [5.41, 5.74) is 2.86. The van der Waals surface area contributed by atoms with Crippen LogP contribution >= 0.6 is 0 Å². The molecule has 0 unspecified atom stereocenters. The number of nitrogens with one attached hydrogen (secondary N) is 1. The number of carbonyl (C=O) groups excluding carboxylic acids is 1. The minimum Gasteiger partial charge on any atom is -0.486 e. The smallest absolute Gasteiger partial charge is 0.287 e. The average Bonchev–Trinajstić information content (AvgIpc) is 3.34. The Hall–Kier alpha value is -2.23. The average molecular weight is 392 g/mol. The van der Waals surface area contributed by atoms with Crippen molar-refractivity contribution in [2.24, 2.45) is 17.8 Å². The van der Waals surface area contributed by atoms with Crippen molar-refractivity contribution in [1.82, 2.24) is 5.32 Å². The molecule has 1 aromatic heterocycles.